The van der Waals surface area contributed by atoms with Crippen LogP contribution >= 0.6 is 11.3 Å². The van der Waals surface area contributed by atoms with E-state index in [0.717, 1.165) is 16.8 Å². The number of anilines is 3. The molecule has 4 aromatic rings. The van der Waals surface area contributed by atoms with E-state index in [2.05, 4.69) is 25.8 Å². The number of aliphatic hydroxyl groups excluding tert-OH is 1. The van der Waals surface area contributed by atoms with E-state index in [0.29, 0.717) is 33.6 Å². The Hall–Kier alpha value is -3.70. The van der Waals surface area contributed by atoms with Gasteiger partial charge >= 0.3 is 0 Å². The maximum absolute atomic E-state index is 12.7. The number of carbonyl (C=O) groups is 1. The highest BCUT2D eigenvalue weighted by Crippen LogP contribution is 2.30. The lowest BCUT2D eigenvalue weighted by Gasteiger charge is -2.11. The number of phenols is 1. The van der Waals surface area contributed by atoms with Gasteiger partial charge in [-0.2, -0.15) is 5.10 Å². The standard InChI is InChI=1S/C21H23N7O3S/c1-12-4-5-16(30)14(3)18(12)24-20(31)17-9-22-21(32-17)25-19-13(2)10-28(26-19)15-8-23-27(11-15)6-7-29/h4-5,8-11,29-30H,6-7H2,1-3H3,(H,24,31)(H,22,25,26). The van der Waals surface area contributed by atoms with Crippen molar-refractivity contribution in [1.29, 1.82) is 0 Å². The fourth-order valence-electron chi connectivity index (χ4n) is 3.15. The summed E-state index contributed by atoms with van der Waals surface area (Å²) in [6.07, 6.45) is 6.82. The van der Waals surface area contributed by atoms with Crippen molar-refractivity contribution < 1.29 is 15.0 Å². The molecule has 4 rings (SSSR count). The van der Waals surface area contributed by atoms with Crippen molar-refractivity contribution in [2.24, 2.45) is 0 Å². The molecule has 0 aliphatic carbocycles. The normalized spacial score (nSPS) is 11.0. The molecule has 0 radical (unpaired) electrons. The molecule has 0 aliphatic rings. The first-order valence-electron chi connectivity index (χ1n) is 9.89. The van der Waals surface area contributed by atoms with E-state index < -0.39 is 0 Å². The topological polar surface area (TPSA) is 130 Å². The molecule has 166 valence electrons. The predicted molar refractivity (Wildman–Crippen MR) is 122 cm³/mol. The van der Waals surface area contributed by atoms with E-state index in [9.17, 15) is 9.90 Å². The maximum Gasteiger partial charge on any atom is 0.267 e. The lowest BCUT2D eigenvalue weighted by atomic mass is 10.1. The number of aromatic nitrogens is 5. The van der Waals surface area contributed by atoms with Gasteiger partial charge in [-0.1, -0.05) is 17.4 Å². The molecule has 10 nitrogen and oxygen atoms in total. The quantitative estimate of drug-likeness (QED) is 0.338. The van der Waals surface area contributed by atoms with Crippen molar-refractivity contribution in [2.75, 3.05) is 17.2 Å². The second kappa shape index (κ2) is 8.81. The Morgan fingerprint density at radius 3 is 2.75 bits per heavy atom. The van der Waals surface area contributed by atoms with Gasteiger partial charge in [0, 0.05) is 17.3 Å². The number of rotatable bonds is 7. The van der Waals surface area contributed by atoms with E-state index in [4.69, 9.17) is 5.11 Å². The van der Waals surface area contributed by atoms with E-state index in [1.807, 2.05) is 20.0 Å². The summed E-state index contributed by atoms with van der Waals surface area (Å²) in [5, 5.41) is 34.2. The third-order valence-electron chi connectivity index (χ3n) is 4.95. The Kier molecular flexibility index (Phi) is 5.93. The average Bonchev–Trinajstić information content (AvgIpc) is 3.50. The summed E-state index contributed by atoms with van der Waals surface area (Å²) in [7, 11) is 0. The van der Waals surface area contributed by atoms with Gasteiger partial charge in [0.25, 0.3) is 5.91 Å². The van der Waals surface area contributed by atoms with Crippen LogP contribution in [0.2, 0.25) is 0 Å². The fraction of sp³-hybridized carbons (Fsp3) is 0.238. The van der Waals surface area contributed by atoms with Crippen LogP contribution in [-0.2, 0) is 6.54 Å². The van der Waals surface area contributed by atoms with Crippen molar-refractivity contribution in [1.82, 2.24) is 24.5 Å². The zero-order chi connectivity index (χ0) is 22.8. The van der Waals surface area contributed by atoms with Gasteiger partial charge in [0.2, 0.25) is 0 Å². The van der Waals surface area contributed by atoms with Crippen LogP contribution in [0.15, 0.2) is 36.9 Å². The van der Waals surface area contributed by atoms with Gasteiger partial charge in [-0.3, -0.25) is 9.48 Å². The summed E-state index contributed by atoms with van der Waals surface area (Å²) < 4.78 is 3.33. The number of nitrogens with zero attached hydrogens (tertiary/aromatic N) is 5. The highest BCUT2D eigenvalue weighted by Gasteiger charge is 2.16. The zero-order valence-electron chi connectivity index (χ0n) is 17.8. The smallest absolute Gasteiger partial charge is 0.267 e. The van der Waals surface area contributed by atoms with E-state index in [1.165, 1.54) is 17.5 Å². The SMILES string of the molecule is Cc1cn(-c2cnn(CCO)c2)nc1Nc1ncc(C(=O)Nc2c(C)ccc(O)c2C)s1. The molecule has 0 fully saturated rings. The number of hydrogen-bond donors (Lipinski definition) is 4. The van der Waals surface area contributed by atoms with E-state index in [-0.39, 0.29) is 18.3 Å². The summed E-state index contributed by atoms with van der Waals surface area (Å²) in [6, 6.07) is 3.36. The van der Waals surface area contributed by atoms with Crippen LogP contribution in [0.25, 0.3) is 5.69 Å². The van der Waals surface area contributed by atoms with Crippen LogP contribution in [-0.4, -0.2) is 47.3 Å². The summed E-state index contributed by atoms with van der Waals surface area (Å²) in [4.78, 5) is 17.4. The van der Waals surface area contributed by atoms with Gasteiger partial charge < -0.3 is 20.8 Å². The molecule has 0 bridgehead atoms. The Bertz CT molecular complexity index is 1270. The van der Waals surface area contributed by atoms with Crippen LogP contribution in [0.1, 0.15) is 26.4 Å². The summed E-state index contributed by atoms with van der Waals surface area (Å²) >= 11 is 1.21. The molecule has 32 heavy (non-hydrogen) atoms. The van der Waals surface area contributed by atoms with Gasteiger partial charge in [0.15, 0.2) is 10.9 Å². The largest absolute Gasteiger partial charge is 0.508 e. The molecule has 3 aromatic heterocycles. The van der Waals surface area contributed by atoms with Crippen molar-refractivity contribution in [2.45, 2.75) is 27.3 Å². The van der Waals surface area contributed by atoms with Gasteiger partial charge in [0.05, 0.1) is 37.4 Å². The van der Waals surface area contributed by atoms with Crippen LogP contribution in [0.3, 0.4) is 0 Å². The molecule has 1 amide bonds. The fourth-order valence-corrected chi connectivity index (χ4v) is 3.86. The third kappa shape index (κ3) is 4.34. The molecule has 1 aromatic carbocycles. The van der Waals surface area contributed by atoms with Crippen molar-refractivity contribution in [3.05, 3.63) is 58.5 Å². The monoisotopic (exact) mass is 453 g/mol. The molecule has 0 atom stereocenters. The van der Waals surface area contributed by atoms with Gasteiger partial charge in [0.1, 0.15) is 16.3 Å². The molecule has 0 spiro atoms. The van der Waals surface area contributed by atoms with Crippen LogP contribution in [0.4, 0.5) is 16.6 Å². The Morgan fingerprint density at radius 2 is 1.97 bits per heavy atom. The molecular formula is C21H23N7O3S. The van der Waals surface area contributed by atoms with Gasteiger partial charge in [-0.25, -0.2) is 9.67 Å². The van der Waals surface area contributed by atoms with Gasteiger partial charge in [-0.05, 0) is 32.4 Å². The first-order chi connectivity index (χ1) is 15.4. The zero-order valence-corrected chi connectivity index (χ0v) is 18.6. The van der Waals surface area contributed by atoms with E-state index >= 15 is 0 Å². The second-order valence-corrected chi connectivity index (χ2v) is 8.33. The lowest BCUT2D eigenvalue weighted by molar-refractivity contribution is 0.103. The summed E-state index contributed by atoms with van der Waals surface area (Å²) in [6.45, 7) is 5.96. The van der Waals surface area contributed by atoms with E-state index in [1.54, 1.807) is 40.8 Å². The number of thiazole rings is 1. The number of carbonyl (C=O) groups excluding carboxylic acids is 1. The van der Waals surface area contributed by atoms with Crippen molar-refractivity contribution in [3.63, 3.8) is 0 Å². The Morgan fingerprint density at radius 1 is 1.16 bits per heavy atom. The number of hydrogen-bond acceptors (Lipinski definition) is 8. The molecule has 3 heterocycles. The van der Waals surface area contributed by atoms with Crippen molar-refractivity contribution in [3.8, 4) is 11.4 Å². The number of benzene rings is 1. The molecule has 0 unspecified atom stereocenters. The molecule has 0 aliphatic heterocycles. The second-order valence-electron chi connectivity index (χ2n) is 7.30. The minimum Gasteiger partial charge on any atom is -0.508 e. The molecule has 11 heteroatoms. The Balaban J connectivity index is 1.48. The number of aryl methyl sites for hydroxylation is 2. The highest BCUT2D eigenvalue weighted by molar-refractivity contribution is 7.17. The first-order valence-corrected chi connectivity index (χ1v) is 10.7. The van der Waals surface area contributed by atoms with Crippen molar-refractivity contribution >= 4 is 33.9 Å². The van der Waals surface area contributed by atoms with Gasteiger partial charge in [-0.15, -0.1) is 5.10 Å². The molecule has 4 N–H and O–H groups in total. The number of amides is 1. The minimum absolute atomic E-state index is 0.0105. The number of aromatic hydroxyl groups is 1. The average molecular weight is 454 g/mol. The summed E-state index contributed by atoms with van der Waals surface area (Å²) in [5.74, 6) is 0.442. The highest BCUT2D eigenvalue weighted by atomic mass is 32.1. The maximum atomic E-state index is 12.7. The van der Waals surface area contributed by atoms with Crippen LogP contribution in [0.5, 0.6) is 5.75 Å². The Labute approximate surface area is 188 Å². The first kappa shape index (κ1) is 21.5. The van der Waals surface area contributed by atoms with Crippen LogP contribution < -0.4 is 10.6 Å². The summed E-state index contributed by atoms with van der Waals surface area (Å²) in [5.41, 5.74) is 3.73. The molecule has 0 saturated heterocycles. The molecular weight excluding hydrogens is 430 g/mol. The number of aliphatic hydroxyl groups is 1. The molecule has 0 saturated carbocycles. The lowest BCUT2D eigenvalue weighted by Crippen LogP contribution is -2.12. The minimum atomic E-state index is -0.300. The van der Waals surface area contributed by atoms with Crippen LogP contribution in [0, 0.1) is 20.8 Å². The third-order valence-corrected chi connectivity index (χ3v) is 5.86. The number of nitrogens with one attached hydrogen (secondary N) is 2. The number of phenolic OH excluding ortho intramolecular Hbond substituents is 1. The predicted octanol–water partition coefficient (Wildman–Crippen LogP) is 3.14.